The number of fused-ring (bicyclic) bond motifs is 1. The molecule has 2 amide bonds. The molecule has 166 valence electrons. The minimum Gasteiger partial charge on any atom is -0.303 e. The van der Waals surface area contributed by atoms with Gasteiger partial charge in [0, 0.05) is 25.4 Å². The maximum atomic E-state index is 12.4. The lowest BCUT2D eigenvalue weighted by molar-refractivity contribution is -0.134. The van der Waals surface area contributed by atoms with E-state index in [-0.39, 0.29) is 17.7 Å². The highest BCUT2D eigenvalue weighted by atomic mass is 16.2. The lowest BCUT2D eigenvalue weighted by Gasteiger charge is -2.35. The normalized spacial score (nSPS) is 24.6. The van der Waals surface area contributed by atoms with Gasteiger partial charge in [-0.1, -0.05) is 31.4 Å². The number of imide groups is 1. The summed E-state index contributed by atoms with van der Waals surface area (Å²) >= 11 is 0. The van der Waals surface area contributed by atoms with Crippen LogP contribution in [0.25, 0.3) is 10.9 Å². The second-order valence-electron chi connectivity index (χ2n) is 9.87. The van der Waals surface area contributed by atoms with Gasteiger partial charge in [-0.15, -0.1) is 0 Å². The van der Waals surface area contributed by atoms with Crippen molar-refractivity contribution in [3.8, 4) is 0 Å². The molecule has 3 aliphatic rings. The van der Waals surface area contributed by atoms with Gasteiger partial charge >= 0.3 is 0 Å². The SMILES string of the molecule is Cn1nc(C2CCC(=O)NC2=O)c2ccc(C3CCN(CC4CCCCC4)CC3)cc21. The van der Waals surface area contributed by atoms with E-state index >= 15 is 0 Å². The molecule has 6 heteroatoms. The van der Waals surface area contributed by atoms with E-state index in [1.165, 1.54) is 70.1 Å². The third-order valence-corrected chi connectivity index (χ3v) is 7.77. The fraction of sp³-hybridized carbons (Fsp3) is 0.640. The Labute approximate surface area is 184 Å². The van der Waals surface area contributed by atoms with Gasteiger partial charge in [0.05, 0.1) is 17.1 Å². The van der Waals surface area contributed by atoms with Crippen LogP contribution in [0.15, 0.2) is 18.2 Å². The molecule has 3 heterocycles. The van der Waals surface area contributed by atoms with Crippen molar-refractivity contribution < 1.29 is 9.59 Å². The maximum absolute atomic E-state index is 12.4. The summed E-state index contributed by atoms with van der Waals surface area (Å²) in [6, 6.07) is 6.66. The summed E-state index contributed by atoms with van der Waals surface area (Å²) in [5.41, 5.74) is 3.28. The van der Waals surface area contributed by atoms with Crippen molar-refractivity contribution in [2.75, 3.05) is 19.6 Å². The minimum absolute atomic E-state index is 0.182. The van der Waals surface area contributed by atoms with Gasteiger partial charge in [-0.05, 0) is 68.7 Å². The fourth-order valence-electron chi connectivity index (χ4n) is 5.95. The Hall–Kier alpha value is -2.21. The number of piperidine rings is 2. The summed E-state index contributed by atoms with van der Waals surface area (Å²) in [5, 5.41) is 8.19. The molecule has 2 aromatic rings. The number of rotatable bonds is 4. The smallest absolute Gasteiger partial charge is 0.235 e. The first-order chi connectivity index (χ1) is 15.1. The first-order valence-corrected chi connectivity index (χ1v) is 12.1. The largest absolute Gasteiger partial charge is 0.303 e. The van der Waals surface area contributed by atoms with Crippen LogP contribution in [0.5, 0.6) is 0 Å². The van der Waals surface area contributed by atoms with Gasteiger partial charge in [0.15, 0.2) is 0 Å². The number of nitrogens with zero attached hydrogens (tertiary/aromatic N) is 3. The molecule has 0 radical (unpaired) electrons. The topological polar surface area (TPSA) is 67.2 Å². The molecule has 1 aliphatic carbocycles. The van der Waals surface area contributed by atoms with Gasteiger partial charge in [0.1, 0.15) is 0 Å². The van der Waals surface area contributed by atoms with Crippen molar-refractivity contribution in [2.45, 2.75) is 69.6 Å². The quantitative estimate of drug-likeness (QED) is 0.760. The number of hydrogen-bond acceptors (Lipinski definition) is 4. The molecule has 1 unspecified atom stereocenters. The fourth-order valence-corrected chi connectivity index (χ4v) is 5.95. The lowest BCUT2D eigenvalue weighted by atomic mass is 9.86. The predicted molar refractivity (Wildman–Crippen MR) is 121 cm³/mol. The number of carbonyl (C=O) groups excluding carboxylic acids is 2. The Morgan fingerprint density at radius 2 is 1.81 bits per heavy atom. The molecular formula is C25H34N4O2. The molecule has 1 saturated carbocycles. The summed E-state index contributed by atoms with van der Waals surface area (Å²) in [6.45, 7) is 3.70. The van der Waals surface area contributed by atoms with E-state index in [9.17, 15) is 9.59 Å². The molecule has 1 atom stereocenters. The number of likely N-dealkylation sites (tertiary alicyclic amines) is 1. The van der Waals surface area contributed by atoms with Gasteiger partial charge < -0.3 is 4.90 Å². The zero-order valence-electron chi connectivity index (χ0n) is 18.6. The third kappa shape index (κ3) is 4.27. The Balaban J connectivity index is 1.28. The molecule has 3 fully saturated rings. The Morgan fingerprint density at radius 3 is 2.55 bits per heavy atom. The number of carbonyl (C=O) groups is 2. The average Bonchev–Trinajstić information content (AvgIpc) is 3.11. The van der Waals surface area contributed by atoms with Crippen molar-refractivity contribution in [3.63, 3.8) is 0 Å². The van der Waals surface area contributed by atoms with E-state index in [4.69, 9.17) is 0 Å². The Bertz CT molecular complexity index is 967. The zero-order chi connectivity index (χ0) is 21.4. The Morgan fingerprint density at radius 1 is 1.03 bits per heavy atom. The highest BCUT2D eigenvalue weighted by Crippen LogP contribution is 2.35. The van der Waals surface area contributed by atoms with Crippen molar-refractivity contribution in [2.24, 2.45) is 13.0 Å². The summed E-state index contributed by atoms with van der Waals surface area (Å²) in [4.78, 5) is 26.6. The molecule has 1 N–H and O–H groups in total. The second kappa shape index (κ2) is 8.73. The average molecular weight is 423 g/mol. The van der Waals surface area contributed by atoms with Gasteiger partial charge in [-0.25, -0.2) is 0 Å². The summed E-state index contributed by atoms with van der Waals surface area (Å²) in [5.74, 6) is 0.780. The van der Waals surface area contributed by atoms with Crippen molar-refractivity contribution >= 4 is 22.7 Å². The van der Waals surface area contributed by atoms with E-state index in [0.29, 0.717) is 18.8 Å². The molecule has 2 aliphatic heterocycles. The molecule has 0 spiro atoms. The predicted octanol–water partition coefficient (Wildman–Crippen LogP) is 3.85. The standard InChI is InChI=1S/C25H34N4O2/c1-28-22-15-19(18-11-13-29(14-12-18)16-17-5-3-2-4-6-17)7-8-20(22)24(27-28)21-9-10-23(30)26-25(21)31/h7-8,15,17-18,21H,2-6,9-14,16H2,1H3,(H,26,30,31). The van der Waals surface area contributed by atoms with Gasteiger partial charge in [0.2, 0.25) is 11.8 Å². The monoisotopic (exact) mass is 422 g/mol. The molecular weight excluding hydrogens is 388 g/mol. The molecule has 0 bridgehead atoms. The van der Waals surface area contributed by atoms with Crippen molar-refractivity contribution in [3.05, 3.63) is 29.5 Å². The van der Waals surface area contributed by atoms with Gasteiger partial charge in [0.25, 0.3) is 0 Å². The molecule has 5 rings (SSSR count). The molecule has 31 heavy (non-hydrogen) atoms. The zero-order valence-corrected chi connectivity index (χ0v) is 18.6. The van der Waals surface area contributed by atoms with Crippen LogP contribution in [0.2, 0.25) is 0 Å². The number of nitrogens with one attached hydrogen (secondary N) is 1. The van der Waals surface area contributed by atoms with E-state index in [1.807, 2.05) is 11.7 Å². The van der Waals surface area contributed by atoms with Crippen LogP contribution in [-0.4, -0.2) is 46.1 Å². The van der Waals surface area contributed by atoms with Crippen LogP contribution in [0, 0.1) is 5.92 Å². The van der Waals surface area contributed by atoms with Crippen molar-refractivity contribution in [1.82, 2.24) is 20.0 Å². The number of amides is 2. The van der Waals surface area contributed by atoms with Crippen molar-refractivity contribution in [1.29, 1.82) is 0 Å². The highest BCUT2D eigenvalue weighted by Gasteiger charge is 2.32. The van der Waals surface area contributed by atoms with Gasteiger partial charge in [-0.3, -0.25) is 19.6 Å². The summed E-state index contributed by atoms with van der Waals surface area (Å²) < 4.78 is 1.90. The first kappa shape index (κ1) is 20.7. The number of benzene rings is 1. The lowest BCUT2D eigenvalue weighted by Crippen LogP contribution is -2.39. The summed E-state index contributed by atoms with van der Waals surface area (Å²) in [6.07, 6.45) is 10.5. The van der Waals surface area contributed by atoms with E-state index in [0.717, 1.165) is 22.5 Å². The first-order valence-electron chi connectivity index (χ1n) is 12.1. The van der Waals surface area contributed by atoms with Crippen LogP contribution in [-0.2, 0) is 16.6 Å². The maximum Gasteiger partial charge on any atom is 0.235 e. The van der Waals surface area contributed by atoms with Crippen LogP contribution < -0.4 is 5.32 Å². The van der Waals surface area contributed by atoms with Crippen LogP contribution in [0.4, 0.5) is 0 Å². The van der Waals surface area contributed by atoms with Crippen LogP contribution in [0.3, 0.4) is 0 Å². The third-order valence-electron chi connectivity index (χ3n) is 7.77. The summed E-state index contributed by atoms with van der Waals surface area (Å²) in [7, 11) is 1.95. The van der Waals surface area contributed by atoms with E-state index in [2.05, 4.69) is 33.5 Å². The molecule has 1 aromatic carbocycles. The van der Waals surface area contributed by atoms with E-state index < -0.39 is 0 Å². The molecule has 6 nitrogen and oxygen atoms in total. The van der Waals surface area contributed by atoms with Crippen LogP contribution in [0.1, 0.15) is 80.9 Å². The highest BCUT2D eigenvalue weighted by molar-refractivity contribution is 6.02. The van der Waals surface area contributed by atoms with Gasteiger partial charge in [-0.2, -0.15) is 5.10 Å². The van der Waals surface area contributed by atoms with E-state index in [1.54, 1.807) is 0 Å². The minimum atomic E-state index is -0.338. The molecule has 2 saturated heterocycles. The number of hydrogen-bond donors (Lipinski definition) is 1. The number of aromatic nitrogens is 2. The number of aryl methyl sites for hydroxylation is 1. The molecule has 1 aromatic heterocycles. The second-order valence-corrected chi connectivity index (χ2v) is 9.87. The Kier molecular flexibility index (Phi) is 5.83. The van der Waals surface area contributed by atoms with Crippen LogP contribution >= 0.6 is 0 Å².